The van der Waals surface area contributed by atoms with Gasteiger partial charge in [0.15, 0.2) is 0 Å². The summed E-state index contributed by atoms with van der Waals surface area (Å²) in [4.78, 5) is 29.7. The van der Waals surface area contributed by atoms with Crippen molar-refractivity contribution in [3.8, 4) is 0 Å². The summed E-state index contributed by atoms with van der Waals surface area (Å²) in [6.45, 7) is 4.37. The Morgan fingerprint density at radius 2 is 1.58 bits per heavy atom. The van der Waals surface area contributed by atoms with Crippen molar-refractivity contribution >= 4 is 25.1 Å². The number of nitrogens with zero attached hydrogens (tertiary/aromatic N) is 2. The standard InChI is InChI=1S/C25H36BN3O2/c26-22-4-2-1-3-21(22)17-28-5-7-29(8-6-28)24(31)16-27-23(30)15-25-12-18-9-19(13-25)11-20(10-18)14-25/h1-4,18-20H,5-17,26H2,(H,27,30). The second kappa shape index (κ2) is 8.61. The maximum atomic E-state index is 12.7. The van der Waals surface area contributed by atoms with Crippen LogP contribution in [-0.4, -0.2) is 62.2 Å². The van der Waals surface area contributed by atoms with Gasteiger partial charge in [-0.3, -0.25) is 14.5 Å². The van der Waals surface area contributed by atoms with Crippen LogP contribution in [0.1, 0.15) is 50.5 Å². The van der Waals surface area contributed by atoms with E-state index in [2.05, 4.69) is 42.3 Å². The molecule has 6 rings (SSSR count). The van der Waals surface area contributed by atoms with Crippen LogP contribution >= 0.6 is 0 Å². The summed E-state index contributed by atoms with van der Waals surface area (Å²) in [6.07, 6.45) is 8.54. The first kappa shape index (κ1) is 21.1. The van der Waals surface area contributed by atoms with Crippen LogP contribution < -0.4 is 10.8 Å². The third kappa shape index (κ3) is 4.69. The molecule has 0 spiro atoms. The van der Waals surface area contributed by atoms with E-state index in [1.165, 1.54) is 49.6 Å². The monoisotopic (exact) mass is 421 g/mol. The number of hydrogen-bond donors (Lipinski definition) is 1. The molecule has 31 heavy (non-hydrogen) atoms. The molecule has 1 heterocycles. The van der Waals surface area contributed by atoms with Gasteiger partial charge in [0, 0.05) is 39.1 Å². The highest BCUT2D eigenvalue weighted by atomic mass is 16.2. The van der Waals surface area contributed by atoms with E-state index < -0.39 is 0 Å². The highest BCUT2D eigenvalue weighted by Gasteiger charge is 2.51. The molecule has 1 aliphatic heterocycles. The van der Waals surface area contributed by atoms with Gasteiger partial charge in [-0.25, -0.2) is 0 Å². The predicted octanol–water partition coefficient (Wildman–Crippen LogP) is 1.31. The zero-order valence-corrected chi connectivity index (χ0v) is 18.9. The Hall–Kier alpha value is -1.82. The second-order valence-corrected chi connectivity index (χ2v) is 11.0. The number of carbonyl (C=O) groups is 2. The molecule has 5 nitrogen and oxygen atoms in total. The average molecular weight is 421 g/mol. The first-order chi connectivity index (χ1) is 15.0. The van der Waals surface area contributed by atoms with E-state index in [0.717, 1.165) is 50.5 Å². The summed E-state index contributed by atoms with van der Waals surface area (Å²) in [5.41, 5.74) is 2.92. The Labute approximate surface area is 187 Å². The first-order valence-corrected chi connectivity index (χ1v) is 12.3. The zero-order chi connectivity index (χ0) is 21.4. The van der Waals surface area contributed by atoms with Crippen LogP contribution in [-0.2, 0) is 16.1 Å². The summed E-state index contributed by atoms with van der Waals surface area (Å²) in [7, 11) is 2.15. The van der Waals surface area contributed by atoms with Gasteiger partial charge < -0.3 is 10.2 Å². The SMILES string of the molecule is Bc1ccccc1CN1CCN(C(=O)CNC(=O)CC23CC4CC(CC(C4)C2)C3)CC1. The molecule has 166 valence electrons. The molecule has 1 N–H and O–H groups in total. The molecule has 1 aromatic carbocycles. The summed E-state index contributed by atoms with van der Waals surface area (Å²) in [5.74, 6) is 2.73. The van der Waals surface area contributed by atoms with Crippen LogP contribution in [0.2, 0.25) is 0 Å². The molecule has 0 aromatic heterocycles. The van der Waals surface area contributed by atoms with Gasteiger partial charge in [0.1, 0.15) is 7.85 Å². The molecule has 1 aromatic rings. The van der Waals surface area contributed by atoms with Gasteiger partial charge in [-0.1, -0.05) is 29.7 Å². The Balaban J connectivity index is 1.05. The lowest BCUT2D eigenvalue weighted by Crippen LogP contribution is -2.52. The second-order valence-electron chi connectivity index (χ2n) is 11.0. The maximum Gasteiger partial charge on any atom is 0.242 e. The molecular formula is C25H36BN3O2. The van der Waals surface area contributed by atoms with E-state index in [4.69, 9.17) is 0 Å². The molecule has 4 bridgehead atoms. The fourth-order valence-corrected chi connectivity index (χ4v) is 7.38. The number of nitrogens with one attached hydrogen (secondary N) is 1. The molecule has 0 atom stereocenters. The number of piperazine rings is 1. The van der Waals surface area contributed by atoms with Crippen molar-refractivity contribution in [3.05, 3.63) is 29.8 Å². The van der Waals surface area contributed by atoms with E-state index in [9.17, 15) is 9.59 Å². The molecule has 2 amide bonds. The van der Waals surface area contributed by atoms with Gasteiger partial charge in [0.25, 0.3) is 0 Å². The van der Waals surface area contributed by atoms with Crippen molar-refractivity contribution in [2.45, 2.75) is 51.5 Å². The predicted molar refractivity (Wildman–Crippen MR) is 125 cm³/mol. The highest BCUT2D eigenvalue weighted by molar-refractivity contribution is 6.33. The van der Waals surface area contributed by atoms with Gasteiger partial charge in [-0.15, -0.1) is 0 Å². The van der Waals surface area contributed by atoms with Crippen LogP contribution in [0.15, 0.2) is 24.3 Å². The third-order valence-corrected chi connectivity index (χ3v) is 8.52. The van der Waals surface area contributed by atoms with Crippen LogP contribution in [0.3, 0.4) is 0 Å². The third-order valence-electron chi connectivity index (χ3n) is 8.52. The summed E-state index contributed by atoms with van der Waals surface area (Å²) in [5, 5.41) is 2.97. The Morgan fingerprint density at radius 3 is 2.19 bits per heavy atom. The molecule has 1 saturated heterocycles. The minimum atomic E-state index is 0.0643. The number of carbonyl (C=O) groups excluding carboxylic acids is 2. The molecular weight excluding hydrogens is 385 g/mol. The molecule has 4 aliphatic carbocycles. The number of benzene rings is 1. The fourth-order valence-electron chi connectivity index (χ4n) is 7.38. The molecule has 4 saturated carbocycles. The molecule has 5 fully saturated rings. The van der Waals surface area contributed by atoms with E-state index in [-0.39, 0.29) is 23.8 Å². The van der Waals surface area contributed by atoms with Gasteiger partial charge in [-0.05, 0) is 67.3 Å². The van der Waals surface area contributed by atoms with Crippen LogP contribution in [0.4, 0.5) is 0 Å². The van der Waals surface area contributed by atoms with Crippen LogP contribution in [0, 0.1) is 23.2 Å². The molecule has 5 aliphatic rings. The topological polar surface area (TPSA) is 52.6 Å². The Bertz CT molecular complexity index is 799. The van der Waals surface area contributed by atoms with Crippen molar-refractivity contribution < 1.29 is 9.59 Å². The first-order valence-electron chi connectivity index (χ1n) is 12.3. The Kier molecular flexibility index (Phi) is 5.85. The minimum absolute atomic E-state index is 0.0643. The van der Waals surface area contributed by atoms with Gasteiger partial charge in [0.2, 0.25) is 11.8 Å². The van der Waals surface area contributed by atoms with Crippen molar-refractivity contribution in [1.29, 1.82) is 0 Å². The average Bonchev–Trinajstić information content (AvgIpc) is 2.73. The minimum Gasteiger partial charge on any atom is -0.347 e. The van der Waals surface area contributed by atoms with Gasteiger partial charge in [0.05, 0.1) is 6.54 Å². The summed E-state index contributed by atoms with van der Waals surface area (Å²) in [6, 6.07) is 8.51. The zero-order valence-electron chi connectivity index (χ0n) is 18.9. The lowest BCUT2D eigenvalue weighted by atomic mass is 9.49. The van der Waals surface area contributed by atoms with E-state index in [1.807, 2.05) is 4.90 Å². The fraction of sp³-hybridized carbons (Fsp3) is 0.680. The summed E-state index contributed by atoms with van der Waals surface area (Å²) >= 11 is 0. The van der Waals surface area contributed by atoms with Crippen LogP contribution in [0.5, 0.6) is 0 Å². The van der Waals surface area contributed by atoms with Gasteiger partial charge in [-0.2, -0.15) is 0 Å². The van der Waals surface area contributed by atoms with Crippen molar-refractivity contribution in [1.82, 2.24) is 15.1 Å². The normalized spacial score (nSPS) is 32.3. The maximum absolute atomic E-state index is 12.7. The van der Waals surface area contributed by atoms with Crippen molar-refractivity contribution in [3.63, 3.8) is 0 Å². The Morgan fingerprint density at radius 1 is 0.968 bits per heavy atom. The molecule has 0 unspecified atom stereocenters. The number of rotatable bonds is 6. The highest BCUT2D eigenvalue weighted by Crippen LogP contribution is 2.61. The van der Waals surface area contributed by atoms with E-state index in [0.29, 0.717) is 6.42 Å². The van der Waals surface area contributed by atoms with Crippen molar-refractivity contribution in [2.24, 2.45) is 23.2 Å². The van der Waals surface area contributed by atoms with E-state index in [1.54, 1.807) is 0 Å². The quantitative estimate of drug-likeness (QED) is 0.705. The lowest BCUT2D eigenvalue weighted by Gasteiger charge is -2.56. The summed E-state index contributed by atoms with van der Waals surface area (Å²) < 4.78 is 0. The van der Waals surface area contributed by atoms with Gasteiger partial charge >= 0.3 is 0 Å². The molecule has 6 heteroatoms. The van der Waals surface area contributed by atoms with Crippen molar-refractivity contribution in [2.75, 3.05) is 32.7 Å². The van der Waals surface area contributed by atoms with E-state index >= 15 is 0 Å². The lowest BCUT2D eigenvalue weighted by molar-refractivity contribution is -0.136. The smallest absolute Gasteiger partial charge is 0.242 e. The number of hydrogen-bond acceptors (Lipinski definition) is 3. The molecule has 0 radical (unpaired) electrons. The largest absolute Gasteiger partial charge is 0.347 e. The number of amides is 2. The van der Waals surface area contributed by atoms with Crippen LogP contribution in [0.25, 0.3) is 0 Å².